The van der Waals surface area contributed by atoms with E-state index in [2.05, 4.69) is 4.98 Å². The van der Waals surface area contributed by atoms with Gasteiger partial charge in [-0.15, -0.1) is 0 Å². The summed E-state index contributed by atoms with van der Waals surface area (Å²) < 4.78 is 14.9. The van der Waals surface area contributed by atoms with Gasteiger partial charge in [-0.3, -0.25) is 10.1 Å². The summed E-state index contributed by atoms with van der Waals surface area (Å²) in [7, 11) is 2.90. The molecule has 0 aliphatic heterocycles. The lowest BCUT2D eigenvalue weighted by atomic mass is 10.4. The molecule has 0 atom stereocenters. The van der Waals surface area contributed by atoms with Crippen molar-refractivity contribution in [1.29, 1.82) is 0 Å². The van der Waals surface area contributed by atoms with E-state index in [1.165, 1.54) is 32.5 Å². The summed E-state index contributed by atoms with van der Waals surface area (Å²) in [6.07, 6.45) is 0.832. The van der Waals surface area contributed by atoms with Crippen molar-refractivity contribution in [1.82, 2.24) is 4.98 Å². The zero-order chi connectivity index (χ0) is 12.0. The van der Waals surface area contributed by atoms with Crippen molar-refractivity contribution < 1.29 is 19.1 Å². The third-order valence-corrected chi connectivity index (χ3v) is 1.83. The quantitative estimate of drug-likeness (QED) is 0.410. The molecule has 0 saturated heterocycles. The van der Waals surface area contributed by atoms with Crippen molar-refractivity contribution in [3.8, 4) is 5.88 Å². The van der Waals surface area contributed by atoms with Gasteiger partial charge in [0.15, 0.2) is 6.29 Å². The number of rotatable bonds is 6. The van der Waals surface area contributed by atoms with Gasteiger partial charge < -0.3 is 14.2 Å². The fraction of sp³-hybridized carbons (Fsp3) is 0.444. The number of hydrogen-bond donors (Lipinski definition) is 0. The number of ether oxygens (including phenoxy) is 3. The van der Waals surface area contributed by atoms with Crippen molar-refractivity contribution in [2.24, 2.45) is 0 Å². The maximum atomic E-state index is 10.6. The highest BCUT2D eigenvalue weighted by Gasteiger charge is 2.17. The molecule has 1 aromatic rings. The number of methoxy groups -OCH3 is 2. The Balaban J connectivity index is 2.69. The highest BCUT2D eigenvalue weighted by atomic mass is 16.7. The molecule has 0 fully saturated rings. The Morgan fingerprint density at radius 2 is 2.19 bits per heavy atom. The molecular formula is C9H12N2O5. The van der Waals surface area contributed by atoms with Crippen LogP contribution in [0, 0.1) is 10.1 Å². The van der Waals surface area contributed by atoms with E-state index in [1.54, 1.807) is 0 Å². The van der Waals surface area contributed by atoms with Crippen LogP contribution in [0.3, 0.4) is 0 Å². The second-order valence-electron chi connectivity index (χ2n) is 2.80. The molecule has 0 saturated carbocycles. The van der Waals surface area contributed by atoms with Gasteiger partial charge in [0.1, 0.15) is 6.61 Å². The van der Waals surface area contributed by atoms with Crippen molar-refractivity contribution in [2.75, 3.05) is 20.8 Å². The van der Waals surface area contributed by atoms with Crippen molar-refractivity contribution in [3.05, 3.63) is 28.4 Å². The van der Waals surface area contributed by atoms with E-state index in [4.69, 9.17) is 14.2 Å². The molecule has 0 N–H and O–H groups in total. The fourth-order valence-corrected chi connectivity index (χ4v) is 1.01. The summed E-state index contributed by atoms with van der Waals surface area (Å²) in [5, 5.41) is 10.6. The van der Waals surface area contributed by atoms with Gasteiger partial charge in [-0.05, 0) is 6.07 Å². The molecule has 1 heterocycles. The zero-order valence-corrected chi connectivity index (χ0v) is 8.95. The molecule has 88 valence electrons. The third-order valence-electron chi connectivity index (χ3n) is 1.83. The summed E-state index contributed by atoms with van der Waals surface area (Å²) in [6.45, 7) is 0.0326. The van der Waals surface area contributed by atoms with Gasteiger partial charge in [0.05, 0.1) is 4.92 Å². The van der Waals surface area contributed by atoms with Crippen LogP contribution in [0.25, 0.3) is 0 Å². The van der Waals surface area contributed by atoms with Crippen molar-refractivity contribution >= 4 is 5.69 Å². The first-order valence-corrected chi connectivity index (χ1v) is 4.46. The van der Waals surface area contributed by atoms with Crippen molar-refractivity contribution in [2.45, 2.75) is 6.29 Å². The molecule has 0 aliphatic carbocycles. The van der Waals surface area contributed by atoms with Gasteiger partial charge in [-0.1, -0.05) is 0 Å². The van der Waals surface area contributed by atoms with E-state index in [0.29, 0.717) is 0 Å². The summed E-state index contributed by atoms with van der Waals surface area (Å²) in [5.74, 6) is -0.0494. The van der Waals surface area contributed by atoms with Crippen LogP contribution in [-0.2, 0) is 9.47 Å². The van der Waals surface area contributed by atoms with E-state index in [9.17, 15) is 10.1 Å². The number of aromatic nitrogens is 1. The first kappa shape index (κ1) is 12.3. The molecule has 0 unspecified atom stereocenters. The maximum Gasteiger partial charge on any atom is 0.330 e. The predicted octanol–water partition coefficient (Wildman–Crippen LogP) is 0.987. The molecule has 0 amide bonds. The average Bonchev–Trinajstić information content (AvgIpc) is 2.30. The van der Waals surface area contributed by atoms with E-state index < -0.39 is 11.2 Å². The standard InChI is InChI=1S/C9H12N2O5/c1-14-8(15-2)6-16-9-7(11(12)13)4-3-5-10-9/h3-5,8H,6H2,1-2H3. The molecule has 0 bridgehead atoms. The number of nitro groups is 1. The molecule has 7 heteroatoms. The van der Waals surface area contributed by atoms with Crippen LogP contribution in [0.2, 0.25) is 0 Å². The molecule has 0 radical (unpaired) electrons. The zero-order valence-electron chi connectivity index (χ0n) is 8.95. The van der Waals surface area contributed by atoms with Gasteiger partial charge >= 0.3 is 5.69 Å². The molecule has 0 aliphatic rings. The molecule has 1 aromatic heterocycles. The Bertz CT molecular complexity index is 354. The van der Waals surface area contributed by atoms with Crippen LogP contribution in [0.4, 0.5) is 5.69 Å². The van der Waals surface area contributed by atoms with Crippen LogP contribution < -0.4 is 4.74 Å². The van der Waals surface area contributed by atoms with Gasteiger partial charge in [-0.25, -0.2) is 4.98 Å². The van der Waals surface area contributed by atoms with E-state index in [0.717, 1.165) is 0 Å². The van der Waals surface area contributed by atoms with Crippen LogP contribution in [-0.4, -0.2) is 37.0 Å². The Kier molecular flexibility index (Phi) is 4.62. The fourth-order valence-electron chi connectivity index (χ4n) is 1.01. The lowest BCUT2D eigenvalue weighted by Gasteiger charge is -2.13. The topological polar surface area (TPSA) is 83.7 Å². The third kappa shape index (κ3) is 3.14. The Morgan fingerprint density at radius 3 is 2.75 bits per heavy atom. The number of pyridine rings is 1. The van der Waals surface area contributed by atoms with Crippen LogP contribution in [0.15, 0.2) is 18.3 Å². The van der Waals surface area contributed by atoms with Gasteiger partial charge in [0.2, 0.25) is 0 Å². The second kappa shape index (κ2) is 5.99. The summed E-state index contributed by atoms with van der Waals surface area (Å²) in [4.78, 5) is 13.8. The molecular weight excluding hydrogens is 216 g/mol. The Morgan fingerprint density at radius 1 is 1.50 bits per heavy atom. The first-order chi connectivity index (χ1) is 7.69. The minimum atomic E-state index is -0.582. The lowest BCUT2D eigenvalue weighted by Crippen LogP contribution is -2.22. The van der Waals surface area contributed by atoms with Crippen LogP contribution in [0.1, 0.15) is 0 Å². The highest BCUT2D eigenvalue weighted by molar-refractivity contribution is 5.39. The SMILES string of the molecule is COC(COc1ncccc1[N+](=O)[O-])OC. The monoisotopic (exact) mass is 228 g/mol. The van der Waals surface area contributed by atoms with E-state index in [1.807, 2.05) is 0 Å². The molecule has 0 spiro atoms. The summed E-state index contributed by atoms with van der Waals surface area (Å²) in [6, 6.07) is 2.78. The molecule has 16 heavy (non-hydrogen) atoms. The minimum Gasteiger partial charge on any atom is -0.467 e. The smallest absolute Gasteiger partial charge is 0.330 e. The molecule has 7 nitrogen and oxygen atoms in total. The first-order valence-electron chi connectivity index (χ1n) is 4.46. The predicted molar refractivity (Wildman–Crippen MR) is 54.2 cm³/mol. The lowest BCUT2D eigenvalue weighted by molar-refractivity contribution is -0.386. The van der Waals surface area contributed by atoms with Crippen molar-refractivity contribution in [3.63, 3.8) is 0 Å². The van der Waals surface area contributed by atoms with Crippen LogP contribution in [0.5, 0.6) is 5.88 Å². The highest BCUT2D eigenvalue weighted by Crippen LogP contribution is 2.22. The number of nitrogens with zero attached hydrogens (tertiary/aromatic N) is 2. The summed E-state index contributed by atoms with van der Waals surface area (Å²) in [5.41, 5.74) is -0.187. The van der Waals surface area contributed by atoms with Crippen LogP contribution >= 0.6 is 0 Å². The second-order valence-corrected chi connectivity index (χ2v) is 2.80. The normalized spacial score (nSPS) is 10.4. The Labute approximate surface area is 92.1 Å². The van der Waals surface area contributed by atoms with Gasteiger partial charge in [-0.2, -0.15) is 0 Å². The van der Waals surface area contributed by atoms with Gasteiger partial charge in [0.25, 0.3) is 5.88 Å². The average molecular weight is 228 g/mol. The molecule has 0 aromatic carbocycles. The van der Waals surface area contributed by atoms with E-state index >= 15 is 0 Å². The molecule has 1 rings (SSSR count). The van der Waals surface area contributed by atoms with E-state index in [-0.39, 0.29) is 18.2 Å². The van der Waals surface area contributed by atoms with Gasteiger partial charge in [0, 0.05) is 26.5 Å². The maximum absolute atomic E-state index is 10.6. The summed E-state index contributed by atoms with van der Waals surface area (Å²) >= 11 is 0. The largest absolute Gasteiger partial charge is 0.467 e. The Hall–Kier alpha value is -1.73. The minimum absolute atomic E-state index is 0.0326. The number of hydrogen-bond acceptors (Lipinski definition) is 6.